The molecule has 1 atom stereocenters. The van der Waals surface area contributed by atoms with E-state index in [1.54, 1.807) is 13.4 Å². The van der Waals surface area contributed by atoms with Gasteiger partial charge in [-0.15, -0.1) is 11.3 Å². The molecule has 1 N–H and O–H groups in total. The van der Waals surface area contributed by atoms with Crippen molar-refractivity contribution in [3.05, 3.63) is 81.9 Å². The smallest absolute Gasteiger partial charge is 0.266 e. The zero-order valence-corrected chi connectivity index (χ0v) is 23.1. The molecule has 6 nitrogen and oxygen atoms in total. The zero-order chi connectivity index (χ0) is 26.0. The molecule has 1 saturated carbocycles. The maximum Gasteiger partial charge on any atom is 0.266 e. The van der Waals surface area contributed by atoms with Gasteiger partial charge in [-0.05, 0) is 56.9 Å². The van der Waals surface area contributed by atoms with E-state index in [2.05, 4.69) is 34.4 Å². The molecule has 1 aromatic carbocycles. The highest BCUT2D eigenvalue weighted by atomic mass is 35.5. The third kappa shape index (κ3) is 5.17. The standard InChI is InChI=1S/C29H33ClN4O2S/c1-29(20-15-32-18-33-16-20)13-12-24(36-3)19(14-29)17-34(22-10-8-21(31-2)9-11-22)28(35)27-26(30)23-6-4-5-7-25(23)37-27/h4-7,12,14-16,18,21-22,31H,8-11,13,17H2,1-3H3. The number of halogens is 1. The molecule has 2 aliphatic carbocycles. The van der Waals surface area contributed by atoms with Gasteiger partial charge in [0.05, 0.1) is 12.1 Å². The monoisotopic (exact) mass is 536 g/mol. The normalized spacial score (nSPS) is 23.9. The summed E-state index contributed by atoms with van der Waals surface area (Å²) < 4.78 is 6.83. The molecule has 1 unspecified atom stereocenters. The number of benzene rings is 1. The van der Waals surface area contributed by atoms with Crippen LogP contribution in [0.4, 0.5) is 0 Å². The van der Waals surface area contributed by atoms with Crippen LogP contribution in [-0.4, -0.2) is 53.6 Å². The Balaban J connectivity index is 1.52. The Morgan fingerprint density at radius 2 is 1.95 bits per heavy atom. The molecule has 0 aliphatic heterocycles. The highest BCUT2D eigenvalue weighted by Gasteiger charge is 2.35. The van der Waals surface area contributed by atoms with Crippen LogP contribution < -0.4 is 5.32 Å². The van der Waals surface area contributed by atoms with E-state index in [4.69, 9.17) is 16.3 Å². The van der Waals surface area contributed by atoms with Gasteiger partial charge in [-0.2, -0.15) is 0 Å². The van der Waals surface area contributed by atoms with Crippen LogP contribution in [0.5, 0.6) is 0 Å². The molecule has 37 heavy (non-hydrogen) atoms. The lowest BCUT2D eigenvalue weighted by molar-refractivity contribution is 0.0646. The van der Waals surface area contributed by atoms with Crippen LogP contribution in [0.25, 0.3) is 10.1 Å². The molecular weight excluding hydrogens is 504 g/mol. The molecule has 1 amide bonds. The van der Waals surface area contributed by atoms with Crippen molar-refractivity contribution in [1.82, 2.24) is 20.2 Å². The van der Waals surface area contributed by atoms with E-state index in [1.165, 1.54) is 11.3 Å². The van der Waals surface area contributed by atoms with E-state index in [9.17, 15) is 4.79 Å². The molecule has 2 heterocycles. The molecule has 2 aliphatic rings. The number of nitrogens with one attached hydrogen (secondary N) is 1. The number of aromatic nitrogens is 2. The molecule has 0 spiro atoms. The second-order valence-corrected chi connectivity index (χ2v) is 11.6. The number of nitrogens with zero attached hydrogens (tertiary/aromatic N) is 3. The summed E-state index contributed by atoms with van der Waals surface area (Å²) in [6, 6.07) is 8.57. The predicted octanol–water partition coefficient (Wildman–Crippen LogP) is 6.14. The number of hydrogen-bond acceptors (Lipinski definition) is 6. The third-order valence-electron chi connectivity index (χ3n) is 7.84. The molecule has 0 radical (unpaired) electrons. The Morgan fingerprint density at radius 1 is 1.22 bits per heavy atom. The lowest BCUT2D eigenvalue weighted by atomic mass is 9.76. The van der Waals surface area contributed by atoms with E-state index in [1.807, 2.05) is 48.6 Å². The number of carbonyl (C=O) groups is 1. The first-order valence-corrected chi connectivity index (χ1v) is 14.0. The topological polar surface area (TPSA) is 67.3 Å². The molecule has 3 aromatic rings. The highest BCUT2D eigenvalue weighted by molar-refractivity contribution is 7.21. The maximum absolute atomic E-state index is 14.2. The van der Waals surface area contributed by atoms with Crippen LogP contribution in [0.2, 0.25) is 5.02 Å². The van der Waals surface area contributed by atoms with Crippen molar-refractivity contribution in [2.75, 3.05) is 20.7 Å². The maximum atomic E-state index is 14.2. The number of fused-ring (bicyclic) bond motifs is 1. The molecule has 8 heteroatoms. The summed E-state index contributed by atoms with van der Waals surface area (Å²) in [5.41, 5.74) is 1.76. The quantitative estimate of drug-likeness (QED) is 0.393. The second kappa shape index (κ2) is 10.9. The van der Waals surface area contributed by atoms with Crippen molar-refractivity contribution in [3.8, 4) is 0 Å². The fourth-order valence-electron chi connectivity index (χ4n) is 5.59. The van der Waals surface area contributed by atoms with Gasteiger partial charge in [0.2, 0.25) is 0 Å². The summed E-state index contributed by atoms with van der Waals surface area (Å²) in [6.07, 6.45) is 14.4. The van der Waals surface area contributed by atoms with Crippen LogP contribution in [0.1, 0.15) is 54.3 Å². The number of allylic oxidation sites excluding steroid dienone is 2. The Morgan fingerprint density at radius 3 is 2.62 bits per heavy atom. The summed E-state index contributed by atoms with van der Waals surface area (Å²) in [5, 5.41) is 4.88. The van der Waals surface area contributed by atoms with E-state index >= 15 is 0 Å². The van der Waals surface area contributed by atoms with E-state index in [0.717, 1.165) is 59.1 Å². The van der Waals surface area contributed by atoms with Crippen LogP contribution in [0, 0.1) is 0 Å². The van der Waals surface area contributed by atoms with Crippen LogP contribution in [-0.2, 0) is 10.2 Å². The molecule has 0 bridgehead atoms. The number of hydrogen-bond donors (Lipinski definition) is 1. The average molecular weight is 537 g/mol. The SMILES string of the molecule is CNC1CCC(N(CC2=CC(C)(c3cncnc3)CC=C2OC)C(=O)c2sc3ccccc3c2Cl)CC1. The highest BCUT2D eigenvalue weighted by Crippen LogP contribution is 2.40. The number of carbonyl (C=O) groups excluding carboxylic acids is 1. The van der Waals surface area contributed by atoms with Gasteiger partial charge < -0.3 is 15.0 Å². The van der Waals surface area contributed by atoms with Gasteiger partial charge in [-0.1, -0.05) is 42.8 Å². The zero-order valence-electron chi connectivity index (χ0n) is 21.5. The van der Waals surface area contributed by atoms with Crippen molar-refractivity contribution in [1.29, 1.82) is 0 Å². The fourth-order valence-corrected chi connectivity index (χ4v) is 7.06. The minimum atomic E-state index is -0.285. The predicted molar refractivity (Wildman–Crippen MR) is 150 cm³/mol. The van der Waals surface area contributed by atoms with E-state index in [-0.39, 0.29) is 17.4 Å². The summed E-state index contributed by atoms with van der Waals surface area (Å²) in [6.45, 7) is 2.64. The Hall–Kier alpha value is -2.74. The van der Waals surface area contributed by atoms with Crippen molar-refractivity contribution in [3.63, 3.8) is 0 Å². The van der Waals surface area contributed by atoms with Gasteiger partial charge in [0.1, 0.15) is 17.0 Å². The van der Waals surface area contributed by atoms with Crippen LogP contribution in [0.3, 0.4) is 0 Å². The van der Waals surface area contributed by atoms with Crippen LogP contribution >= 0.6 is 22.9 Å². The number of ether oxygens (including phenoxy) is 1. The lowest BCUT2D eigenvalue weighted by Crippen LogP contribution is -2.46. The average Bonchev–Trinajstić information content (AvgIpc) is 3.28. The van der Waals surface area contributed by atoms with Crippen molar-refractivity contribution >= 4 is 38.9 Å². The Kier molecular flexibility index (Phi) is 7.65. The minimum absolute atomic E-state index is 0.00854. The fraction of sp³-hybridized carbons (Fsp3) is 0.414. The number of methoxy groups -OCH3 is 1. The molecular formula is C29H33ClN4O2S. The van der Waals surface area contributed by atoms with Gasteiger partial charge in [0, 0.05) is 52.1 Å². The van der Waals surface area contributed by atoms with Gasteiger partial charge in [-0.25, -0.2) is 9.97 Å². The lowest BCUT2D eigenvalue weighted by Gasteiger charge is -2.39. The number of thiophene rings is 1. The summed E-state index contributed by atoms with van der Waals surface area (Å²) in [4.78, 5) is 25.3. The molecule has 2 aromatic heterocycles. The minimum Gasteiger partial charge on any atom is -0.497 e. The number of rotatable bonds is 7. The first kappa shape index (κ1) is 25.9. The van der Waals surface area contributed by atoms with Gasteiger partial charge in [0.25, 0.3) is 5.91 Å². The Labute approximate surface area is 227 Å². The molecule has 194 valence electrons. The molecule has 1 fully saturated rings. The van der Waals surface area contributed by atoms with Crippen molar-refractivity contribution in [2.24, 2.45) is 0 Å². The molecule has 0 saturated heterocycles. The van der Waals surface area contributed by atoms with Crippen molar-refractivity contribution in [2.45, 2.75) is 56.5 Å². The summed E-state index contributed by atoms with van der Waals surface area (Å²) >= 11 is 8.27. The Bertz CT molecular complexity index is 1330. The molecule has 5 rings (SSSR count). The number of amides is 1. The van der Waals surface area contributed by atoms with Gasteiger partial charge >= 0.3 is 0 Å². The summed E-state index contributed by atoms with van der Waals surface area (Å²) in [5.74, 6) is 0.809. The second-order valence-electron chi connectivity index (χ2n) is 10.2. The van der Waals surface area contributed by atoms with Gasteiger partial charge in [-0.3, -0.25) is 4.79 Å². The van der Waals surface area contributed by atoms with Crippen LogP contribution in [0.15, 0.2) is 66.5 Å². The van der Waals surface area contributed by atoms with Gasteiger partial charge in [0.15, 0.2) is 0 Å². The van der Waals surface area contributed by atoms with E-state index < -0.39 is 0 Å². The largest absolute Gasteiger partial charge is 0.497 e. The first-order valence-electron chi connectivity index (χ1n) is 12.8. The first-order chi connectivity index (χ1) is 17.9. The summed E-state index contributed by atoms with van der Waals surface area (Å²) in [7, 11) is 3.71. The third-order valence-corrected chi connectivity index (χ3v) is 9.50. The van der Waals surface area contributed by atoms with Crippen molar-refractivity contribution < 1.29 is 9.53 Å². The van der Waals surface area contributed by atoms with E-state index in [0.29, 0.717) is 22.5 Å².